The molecule has 1 aromatic rings. The van der Waals surface area contributed by atoms with Crippen LogP contribution in [-0.4, -0.2) is 6.43 Å². The molecule has 59 valence electrons. The number of benzene rings is 1. The van der Waals surface area contributed by atoms with Crippen LogP contribution in [-0.2, 0) is 0 Å². The monoisotopic (exact) mass is 155 g/mol. The zero-order valence-corrected chi connectivity index (χ0v) is 6.22. The number of hydrogen-bond donors (Lipinski definition) is 0. The highest BCUT2D eigenvalue weighted by Crippen LogP contribution is 2.21. The van der Waals surface area contributed by atoms with E-state index in [1.54, 1.807) is 24.3 Å². The molecule has 0 saturated carbocycles. The van der Waals surface area contributed by atoms with Gasteiger partial charge < -0.3 is 0 Å². The van der Waals surface area contributed by atoms with Crippen molar-refractivity contribution >= 4 is 0 Å². The molecule has 0 aliphatic carbocycles. The molecule has 0 amide bonds. The molecule has 0 nitrogen and oxygen atoms in total. The van der Waals surface area contributed by atoms with E-state index in [0.717, 1.165) is 0 Å². The average Bonchev–Trinajstić information content (AvgIpc) is 2.05. The molecule has 0 heterocycles. The SMILES string of the molecule is C[C@H](c1cc[c]cc1)C(F)F. The first-order valence-electron chi connectivity index (χ1n) is 3.46. The molecule has 0 unspecified atom stereocenters. The van der Waals surface area contributed by atoms with Crippen LogP contribution >= 0.6 is 0 Å². The van der Waals surface area contributed by atoms with Gasteiger partial charge in [0, 0.05) is 5.92 Å². The second-order valence-corrected chi connectivity index (χ2v) is 2.46. The zero-order chi connectivity index (χ0) is 8.27. The molecule has 1 aromatic carbocycles. The van der Waals surface area contributed by atoms with E-state index in [4.69, 9.17) is 0 Å². The van der Waals surface area contributed by atoms with Crippen LogP contribution in [0.25, 0.3) is 0 Å². The van der Waals surface area contributed by atoms with Crippen molar-refractivity contribution in [2.75, 3.05) is 0 Å². The fourth-order valence-corrected chi connectivity index (χ4v) is 0.849. The van der Waals surface area contributed by atoms with Gasteiger partial charge in [0.2, 0.25) is 6.43 Å². The topological polar surface area (TPSA) is 0 Å². The van der Waals surface area contributed by atoms with Gasteiger partial charge >= 0.3 is 0 Å². The smallest absolute Gasteiger partial charge is 0.210 e. The predicted molar refractivity (Wildman–Crippen MR) is 39.7 cm³/mol. The Kier molecular flexibility index (Phi) is 2.58. The Hall–Kier alpha value is -0.920. The summed E-state index contributed by atoms with van der Waals surface area (Å²) in [5.74, 6) is -0.676. The van der Waals surface area contributed by atoms with Crippen LogP contribution < -0.4 is 0 Å². The summed E-state index contributed by atoms with van der Waals surface area (Å²) in [6.07, 6.45) is -2.28. The van der Waals surface area contributed by atoms with Crippen LogP contribution in [0.4, 0.5) is 8.78 Å². The van der Waals surface area contributed by atoms with Crippen LogP contribution in [0.3, 0.4) is 0 Å². The van der Waals surface area contributed by atoms with E-state index in [1.807, 2.05) is 0 Å². The molecule has 2 heteroatoms. The summed E-state index contributed by atoms with van der Waals surface area (Å²) in [4.78, 5) is 0. The number of halogens is 2. The Morgan fingerprint density at radius 1 is 1.27 bits per heavy atom. The van der Waals surface area contributed by atoms with Gasteiger partial charge in [-0.15, -0.1) is 0 Å². The van der Waals surface area contributed by atoms with Crippen molar-refractivity contribution in [1.82, 2.24) is 0 Å². The number of hydrogen-bond acceptors (Lipinski definition) is 0. The highest BCUT2D eigenvalue weighted by Gasteiger charge is 2.15. The normalized spacial score (nSPS) is 13.5. The van der Waals surface area contributed by atoms with Gasteiger partial charge in [0.05, 0.1) is 0 Å². The summed E-state index contributed by atoms with van der Waals surface area (Å²) < 4.78 is 24.2. The maximum Gasteiger partial charge on any atom is 0.245 e. The minimum absolute atomic E-state index is 0.666. The average molecular weight is 155 g/mol. The Morgan fingerprint density at radius 2 is 1.82 bits per heavy atom. The zero-order valence-electron chi connectivity index (χ0n) is 6.22. The molecule has 0 spiro atoms. The van der Waals surface area contributed by atoms with Crippen LogP contribution in [0.15, 0.2) is 24.3 Å². The molecule has 0 aliphatic rings. The molecular formula is C9H9F2. The molecule has 1 atom stereocenters. The van der Waals surface area contributed by atoms with E-state index in [0.29, 0.717) is 5.56 Å². The minimum Gasteiger partial charge on any atom is -0.210 e. The third-order valence-corrected chi connectivity index (χ3v) is 1.65. The van der Waals surface area contributed by atoms with Crippen LogP contribution in [0.2, 0.25) is 0 Å². The molecular weight excluding hydrogens is 146 g/mol. The predicted octanol–water partition coefficient (Wildman–Crippen LogP) is 2.86. The van der Waals surface area contributed by atoms with Gasteiger partial charge in [-0.3, -0.25) is 0 Å². The van der Waals surface area contributed by atoms with Crippen molar-refractivity contribution in [3.05, 3.63) is 35.9 Å². The molecule has 0 saturated heterocycles. The van der Waals surface area contributed by atoms with E-state index >= 15 is 0 Å². The van der Waals surface area contributed by atoms with Gasteiger partial charge in [-0.2, -0.15) is 0 Å². The first-order valence-corrected chi connectivity index (χ1v) is 3.46. The summed E-state index contributed by atoms with van der Waals surface area (Å²) in [5.41, 5.74) is 0.666. The molecule has 1 rings (SSSR count). The molecule has 1 radical (unpaired) electrons. The first kappa shape index (κ1) is 8.18. The first-order chi connectivity index (χ1) is 5.22. The van der Waals surface area contributed by atoms with Gasteiger partial charge in [0.1, 0.15) is 0 Å². The summed E-state index contributed by atoms with van der Waals surface area (Å²) in [6.45, 7) is 1.51. The lowest BCUT2D eigenvalue weighted by Crippen LogP contribution is -2.03. The van der Waals surface area contributed by atoms with Crippen molar-refractivity contribution in [2.45, 2.75) is 19.3 Å². The van der Waals surface area contributed by atoms with Crippen molar-refractivity contribution in [1.29, 1.82) is 0 Å². The van der Waals surface area contributed by atoms with Gasteiger partial charge in [-0.25, -0.2) is 8.78 Å². The third kappa shape index (κ3) is 2.00. The highest BCUT2D eigenvalue weighted by molar-refractivity contribution is 5.18. The lowest BCUT2D eigenvalue weighted by Gasteiger charge is -2.08. The van der Waals surface area contributed by atoms with E-state index in [9.17, 15) is 8.78 Å². The van der Waals surface area contributed by atoms with Crippen molar-refractivity contribution < 1.29 is 8.78 Å². The second kappa shape index (κ2) is 3.46. The maximum atomic E-state index is 12.1. The molecule has 0 aromatic heterocycles. The Labute approximate surface area is 64.9 Å². The standard InChI is InChI=1S/C9H9F2/c1-7(9(10)11)8-5-3-2-4-6-8/h3-7,9H,1H3/t7-/m1/s1. The van der Waals surface area contributed by atoms with Gasteiger partial charge in [-0.1, -0.05) is 31.2 Å². The Morgan fingerprint density at radius 3 is 2.27 bits per heavy atom. The van der Waals surface area contributed by atoms with E-state index in [1.165, 1.54) is 6.92 Å². The maximum absolute atomic E-state index is 12.1. The minimum atomic E-state index is -2.28. The van der Waals surface area contributed by atoms with Crippen molar-refractivity contribution in [2.24, 2.45) is 0 Å². The molecule has 0 bridgehead atoms. The lowest BCUT2D eigenvalue weighted by atomic mass is 10.0. The van der Waals surface area contributed by atoms with Crippen LogP contribution in [0, 0.1) is 6.07 Å². The summed E-state index contributed by atoms with van der Waals surface area (Å²) in [7, 11) is 0. The lowest BCUT2D eigenvalue weighted by molar-refractivity contribution is 0.121. The van der Waals surface area contributed by atoms with E-state index in [-0.39, 0.29) is 0 Å². The number of alkyl halides is 2. The van der Waals surface area contributed by atoms with Crippen LogP contribution in [0.1, 0.15) is 18.4 Å². The fourth-order valence-electron chi connectivity index (χ4n) is 0.849. The quantitative estimate of drug-likeness (QED) is 0.616. The highest BCUT2D eigenvalue weighted by atomic mass is 19.3. The van der Waals surface area contributed by atoms with Crippen molar-refractivity contribution in [3.63, 3.8) is 0 Å². The van der Waals surface area contributed by atoms with Gasteiger partial charge in [0.15, 0.2) is 0 Å². The Balaban J connectivity index is 2.77. The summed E-state index contributed by atoms with van der Waals surface area (Å²) >= 11 is 0. The van der Waals surface area contributed by atoms with E-state index in [2.05, 4.69) is 6.07 Å². The number of rotatable bonds is 2. The molecule has 11 heavy (non-hydrogen) atoms. The van der Waals surface area contributed by atoms with Crippen molar-refractivity contribution in [3.8, 4) is 0 Å². The van der Waals surface area contributed by atoms with Gasteiger partial charge in [-0.05, 0) is 11.6 Å². The van der Waals surface area contributed by atoms with Crippen LogP contribution in [0.5, 0.6) is 0 Å². The third-order valence-electron chi connectivity index (χ3n) is 1.65. The summed E-state index contributed by atoms with van der Waals surface area (Å²) in [5, 5.41) is 0. The molecule has 0 aliphatic heterocycles. The summed E-state index contributed by atoms with van der Waals surface area (Å²) in [6, 6.07) is 9.40. The molecule has 0 fully saturated rings. The molecule has 0 N–H and O–H groups in total. The fraction of sp³-hybridized carbons (Fsp3) is 0.333. The van der Waals surface area contributed by atoms with E-state index < -0.39 is 12.3 Å². The second-order valence-electron chi connectivity index (χ2n) is 2.46. The Bertz CT molecular complexity index is 206. The van der Waals surface area contributed by atoms with Gasteiger partial charge in [0.25, 0.3) is 0 Å². The largest absolute Gasteiger partial charge is 0.245 e.